The van der Waals surface area contributed by atoms with Gasteiger partial charge in [-0.05, 0) is 31.2 Å². The van der Waals surface area contributed by atoms with E-state index in [0.717, 1.165) is 30.0 Å². The van der Waals surface area contributed by atoms with Gasteiger partial charge in [0, 0.05) is 24.5 Å². The molecular formula is C20H21N5O. The highest BCUT2D eigenvalue weighted by Crippen LogP contribution is 2.26. The summed E-state index contributed by atoms with van der Waals surface area (Å²) in [7, 11) is 0. The minimum atomic E-state index is -0.193. The van der Waals surface area contributed by atoms with Crippen LogP contribution in [-0.2, 0) is 6.54 Å². The Morgan fingerprint density at radius 1 is 1.23 bits per heavy atom. The van der Waals surface area contributed by atoms with Crippen LogP contribution in [0.15, 0.2) is 54.9 Å². The number of ether oxygens (including phenoxy) is 1. The zero-order valence-electron chi connectivity index (χ0n) is 14.6. The van der Waals surface area contributed by atoms with Gasteiger partial charge in [-0.1, -0.05) is 30.3 Å². The van der Waals surface area contributed by atoms with E-state index in [1.54, 1.807) is 18.5 Å². The molecule has 26 heavy (non-hydrogen) atoms. The van der Waals surface area contributed by atoms with E-state index in [1.807, 2.05) is 43.3 Å². The van der Waals surface area contributed by atoms with Crippen molar-refractivity contribution < 1.29 is 4.74 Å². The molecule has 1 atom stereocenters. The summed E-state index contributed by atoms with van der Waals surface area (Å²) in [5.41, 5.74) is 2.32. The summed E-state index contributed by atoms with van der Waals surface area (Å²) in [5, 5.41) is 12.7. The number of hydrogen-bond acceptors (Lipinski definition) is 5. The van der Waals surface area contributed by atoms with Crippen LogP contribution in [0.3, 0.4) is 0 Å². The first kappa shape index (κ1) is 17.6. The zero-order valence-corrected chi connectivity index (χ0v) is 14.6. The standard InChI is InChI=1S/C20H21N5O/c1-15-7-8-17(13-21)20(25-15)26-18(16-5-3-2-4-6-16)9-10-22-14-19-23-11-12-24-19/h2-8,11-12,18,22H,9-10,14H2,1H3,(H,23,24)/t18-/m1/s1. The molecule has 3 aromatic rings. The molecule has 0 bridgehead atoms. The summed E-state index contributed by atoms with van der Waals surface area (Å²) >= 11 is 0. The molecule has 0 saturated heterocycles. The number of aryl methyl sites for hydroxylation is 1. The van der Waals surface area contributed by atoms with Crippen molar-refractivity contribution in [3.05, 3.63) is 77.5 Å². The summed E-state index contributed by atoms with van der Waals surface area (Å²) in [6.07, 6.45) is 4.09. The highest BCUT2D eigenvalue weighted by atomic mass is 16.5. The largest absolute Gasteiger partial charge is 0.468 e. The van der Waals surface area contributed by atoms with Crippen LogP contribution < -0.4 is 10.1 Å². The predicted octanol–water partition coefficient (Wildman–Crippen LogP) is 3.28. The van der Waals surface area contributed by atoms with Crippen molar-refractivity contribution in [1.29, 1.82) is 5.26 Å². The lowest BCUT2D eigenvalue weighted by Gasteiger charge is -2.20. The summed E-state index contributed by atoms with van der Waals surface area (Å²) in [6, 6.07) is 15.7. The molecule has 0 unspecified atom stereocenters. The smallest absolute Gasteiger partial charge is 0.232 e. The molecule has 2 aromatic heterocycles. The summed E-state index contributed by atoms with van der Waals surface area (Å²) in [4.78, 5) is 11.7. The number of aromatic nitrogens is 3. The van der Waals surface area contributed by atoms with Gasteiger partial charge in [0.2, 0.25) is 5.88 Å². The van der Waals surface area contributed by atoms with E-state index in [0.29, 0.717) is 18.0 Å². The lowest BCUT2D eigenvalue weighted by atomic mass is 10.1. The van der Waals surface area contributed by atoms with E-state index in [-0.39, 0.29) is 6.10 Å². The van der Waals surface area contributed by atoms with Gasteiger partial charge >= 0.3 is 0 Å². The molecule has 6 nitrogen and oxygen atoms in total. The van der Waals surface area contributed by atoms with Crippen LogP contribution >= 0.6 is 0 Å². The van der Waals surface area contributed by atoms with Crippen molar-refractivity contribution in [2.75, 3.05) is 6.54 Å². The van der Waals surface area contributed by atoms with Gasteiger partial charge in [-0.25, -0.2) is 9.97 Å². The molecule has 0 radical (unpaired) electrons. The Labute approximate surface area is 152 Å². The number of aromatic amines is 1. The first-order valence-corrected chi connectivity index (χ1v) is 8.54. The number of pyridine rings is 1. The van der Waals surface area contributed by atoms with E-state index in [2.05, 4.69) is 26.3 Å². The van der Waals surface area contributed by atoms with Gasteiger partial charge in [-0.3, -0.25) is 0 Å². The number of nitriles is 1. The Balaban J connectivity index is 1.70. The lowest BCUT2D eigenvalue weighted by Crippen LogP contribution is -2.20. The van der Waals surface area contributed by atoms with Crippen molar-refractivity contribution in [1.82, 2.24) is 20.3 Å². The van der Waals surface area contributed by atoms with Crippen LogP contribution in [0.1, 0.15) is 35.2 Å². The molecule has 1 aromatic carbocycles. The number of nitrogens with one attached hydrogen (secondary N) is 2. The van der Waals surface area contributed by atoms with E-state index >= 15 is 0 Å². The van der Waals surface area contributed by atoms with Crippen LogP contribution in [-0.4, -0.2) is 21.5 Å². The fraction of sp³-hybridized carbons (Fsp3) is 0.250. The number of nitrogens with zero attached hydrogens (tertiary/aromatic N) is 3. The molecule has 0 aliphatic rings. The van der Waals surface area contributed by atoms with Crippen molar-refractivity contribution >= 4 is 0 Å². The second kappa shape index (κ2) is 8.79. The summed E-state index contributed by atoms with van der Waals surface area (Å²) in [5.74, 6) is 1.28. The van der Waals surface area contributed by atoms with Gasteiger partial charge in [-0.15, -0.1) is 0 Å². The van der Waals surface area contributed by atoms with E-state index < -0.39 is 0 Å². The molecule has 0 aliphatic heterocycles. The number of rotatable bonds is 8. The van der Waals surface area contributed by atoms with Gasteiger partial charge < -0.3 is 15.0 Å². The molecule has 0 spiro atoms. The second-order valence-corrected chi connectivity index (χ2v) is 5.94. The average molecular weight is 347 g/mol. The third-order valence-corrected chi connectivity index (χ3v) is 3.98. The summed E-state index contributed by atoms with van der Waals surface area (Å²) < 4.78 is 6.14. The Kier molecular flexibility index (Phi) is 5.96. The maximum Gasteiger partial charge on any atom is 0.232 e. The Bertz CT molecular complexity index is 856. The van der Waals surface area contributed by atoms with Gasteiger partial charge in [-0.2, -0.15) is 5.26 Å². The molecule has 2 heterocycles. The lowest BCUT2D eigenvalue weighted by molar-refractivity contribution is 0.185. The van der Waals surface area contributed by atoms with Crippen molar-refractivity contribution in [3.8, 4) is 11.9 Å². The van der Waals surface area contributed by atoms with Crippen LogP contribution in [0.4, 0.5) is 0 Å². The zero-order chi connectivity index (χ0) is 18.2. The molecule has 0 aliphatic carbocycles. The number of benzene rings is 1. The minimum Gasteiger partial charge on any atom is -0.468 e. The molecule has 132 valence electrons. The van der Waals surface area contributed by atoms with Crippen molar-refractivity contribution in [2.24, 2.45) is 0 Å². The van der Waals surface area contributed by atoms with Crippen LogP contribution in [0.5, 0.6) is 5.88 Å². The number of imidazole rings is 1. The molecule has 0 fully saturated rings. The van der Waals surface area contributed by atoms with E-state index in [4.69, 9.17) is 4.74 Å². The highest BCUT2D eigenvalue weighted by molar-refractivity contribution is 5.39. The normalized spacial score (nSPS) is 11.7. The first-order valence-electron chi connectivity index (χ1n) is 8.54. The topological polar surface area (TPSA) is 86.6 Å². The van der Waals surface area contributed by atoms with E-state index in [1.165, 1.54) is 0 Å². The van der Waals surface area contributed by atoms with Gasteiger partial charge in [0.25, 0.3) is 0 Å². The minimum absolute atomic E-state index is 0.193. The third-order valence-electron chi connectivity index (χ3n) is 3.98. The molecular weight excluding hydrogens is 326 g/mol. The molecule has 6 heteroatoms. The van der Waals surface area contributed by atoms with Crippen molar-refractivity contribution in [3.63, 3.8) is 0 Å². The van der Waals surface area contributed by atoms with Crippen LogP contribution in [0.2, 0.25) is 0 Å². The van der Waals surface area contributed by atoms with Gasteiger partial charge in [0.15, 0.2) is 0 Å². The Morgan fingerprint density at radius 3 is 2.81 bits per heavy atom. The van der Waals surface area contributed by atoms with Crippen molar-refractivity contribution in [2.45, 2.75) is 26.0 Å². The average Bonchev–Trinajstić information content (AvgIpc) is 3.18. The first-order chi connectivity index (χ1) is 12.8. The van der Waals surface area contributed by atoms with Gasteiger partial charge in [0.1, 0.15) is 23.6 Å². The highest BCUT2D eigenvalue weighted by Gasteiger charge is 2.16. The van der Waals surface area contributed by atoms with Gasteiger partial charge in [0.05, 0.1) is 6.54 Å². The van der Waals surface area contributed by atoms with Crippen LogP contribution in [0.25, 0.3) is 0 Å². The Morgan fingerprint density at radius 2 is 2.08 bits per heavy atom. The maximum absolute atomic E-state index is 9.32. The fourth-order valence-electron chi connectivity index (χ4n) is 2.64. The van der Waals surface area contributed by atoms with Crippen LogP contribution in [0, 0.1) is 18.3 Å². The second-order valence-electron chi connectivity index (χ2n) is 5.94. The molecule has 2 N–H and O–H groups in total. The SMILES string of the molecule is Cc1ccc(C#N)c(O[C@H](CCNCc2ncc[nH]2)c2ccccc2)n1. The molecule has 3 rings (SSSR count). The Hall–Kier alpha value is -3.17. The molecule has 0 saturated carbocycles. The molecule has 0 amide bonds. The predicted molar refractivity (Wildman–Crippen MR) is 98.4 cm³/mol. The number of H-pyrrole nitrogens is 1. The quantitative estimate of drug-likeness (QED) is 0.611. The third kappa shape index (κ3) is 4.68. The van der Waals surface area contributed by atoms with E-state index in [9.17, 15) is 5.26 Å². The summed E-state index contributed by atoms with van der Waals surface area (Å²) in [6.45, 7) is 3.30. The maximum atomic E-state index is 9.32. The fourth-order valence-corrected chi connectivity index (χ4v) is 2.64. The monoisotopic (exact) mass is 347 g/mol. The number of hydrogen-bond donors (Lipinski definition) is 2.